The maximum absolute atomic E-state index is 10.1. The highest BCUT2D eigenvalue weighted by molar-refractivity contribution is 9.10. The maximum atomic E-state index is 10.1. The van der Waals surface area contributed by atoms with E-state index in [2.05, 4.69) is 45.7 Å². The highest BCUT2D eigenvalue weighted by Crippen LogP contribution is 2.29. The van der Waals surface area contributed by atoms with Gasteiger partial charge in [0.05, 0.1) is 5.60 Å². The molecule has 1 aromatic rings. The Kier molecular flexibility index (Phi) is 3.33. The zero-order valence-electron chi connectivity index (χ0n) is 9.65. The summed E-state index contributed by atoms with van der Waals surface area (Å²) in [5.41, 5.74) is 0.694. The number of aliphatic hydroxyl groups is 1. The number of pyridine rings is 1. The monoisotopic (exact) mass is 284 g/mol. The van der Waals surface area contributed by atoms with E-state index in [0.717, 1.165) is 24.1 Å². The molecule has 0 atom stereocenters. The van der Waals surface area contributed by atoms with Crippen LogP contribution in [0.4, 0.5) is 0 Å². The van der Waals surface area contributed by atoms with Crippen LogP contribution >= 0.6 is 15.9 Å². The minimum absolute atomic E-state index is 0.324. The van der Waals surface area contributed by atoms with Crippen molar-refractivity contribution in [1.29, 1.82) is 0 Å². The van der Waals surface area contributed by atoms with Gasteiger partial charge in [0.1, 0.15) is 0 Å². The quantitative estimate of drug-likeness (QED) is 0.923. The number of hydrogen-bond acceptors (Lipinski definition) is 3. The molecule has 0 unspecified atom stereocenters. The molecule has 1 fully saturated rings. The van der Waals surface area contributed by atoms with Crippen LogP contribution in [-0.4, -0.2) is 33.7 Å². The van der Waals surface area contributed by atoms with Gasteiger partial charge >= 0.3 is 0 Å². The number of rotatable bonds is 3. The van der Waals surface area contributed by atoms with Crippen molar-refractivity contribution < 1.29 is 5.11 Å². The summed E-state index contributed by atoms with van der Waals surface area (Å²) in [6.45, 7) is 6.52. The van der Waals surface area contributed by atoms with Gasteiger partial charge in [0.15, 0.2) is 0 Å². The number of nitrogens with zero attached hydrogens (tertiary/aromatic N) is 2. The van der Waals surface area contributed by atoms with Crippen LogP contribution in [0.25, 0.3) is 0 Å². The third kappa shape index (κ3) is 2.44. The van der Waals surface area contributed by atoms with Gasteiger partial charge in [0.25, 0.3) is 0 Å². The second-order valence-electron chi connectivity index (χ2n) is 4.91. The summed E-state index contributed by atoms with van der Waals surface area (Å²) in [4.78, 5) is 6.37. The maximum Gasteiger partial charge on any atom is 0.0923 e. The molecule has 4 heteroatoms. The summed E-state index contributed by atoms with van der Waals surface area (Å²) in [6, 6.07) is 2.07. The van der Waals surface area contributed by atoms with E-state index in [1.54, 1.807) is 6.20 Å². The molecule has 2 heterocycles. The first-order valence-electron chi connectivity index (χ1n) is 5.54. The van der Waals surface area contributed by atoms with Gasteiger partial charge in [-0.1, -0.05) is 13.8 Å². The van der Waals surface area contributed by atoms with Gasteiger partial charge in [-0.15, -0.1) is 0 Å². The Morgan fingerprint density at radius 1 is 1.50 bits per heavy atom. The first-order valence-corrected chi connectivity index (χ1v) is 6.33. The second kappa shape index (κ2) is 4.43. The smallest absolute Gasteiger partial charge is 0.0923 e. The van der Waals surface area contributed by atoms with Crippen molar-refractivity contribution in [3.8, 4) is 0 Å². The SMILES string of the molecule is CC(C)C1(O)CN(Cc2cncc(Br)c2)C1. The average Bonchev–Trinajstić information content (AvgIpc) is 2.14. The Morgan fingerprint density at radius 2 is 2.19 bits per heavy atom. The lowest BCUT2D eigenvalue weighted by Crippen LogP contribution is -2.63. The number of likely N-dealkylation sites (tertiary alicyclic amines) is 1. The molecule has 0 aromatic carbocycles. The minimum atomic E-state index is -0.487. The third-order valence-corrected chi connectivity index (χ3v) is 3.67. The molecule has 3 nitrogen and oxygen atoms in total. The molecule has 1 aromatic heterocycles. The van der Waals surface area contributed by atoms with Crippen LogP contribution in [0.2, 0.25) is 0 Å². The van der Waals surface area contributed by atoms with Crippen LogP contribution in [0.1, 0.15) is 19.4 Å². The number of halogens is 1. The molecule has 1 N–H and O–H groups in total. The van der Waals surface area contributed by atoms with Crippen molar-refractivity contribution in [2.45, 2.75) is 26.0 Å². The van der Waals surface area contributed by atoms with E-state index in [-0.39, 0.29) is 0 Å². The van der Waals surface area contributed by atoms with Crippen LogP contribution in [0.3, 0.4) is 0 Å². The molecule has 1 aliphatic rings. The molecule has 0 amide bonds. The number of β-amino-alcohol motifs (C(OH)–C–C–N with tert-alkyl or cyclic N) is 1. The van der Waals surface area contributed by atoms with Crippen molar-refractivity contribution >= 4 is 15.9 Å². The normalized spacial score (nSPS) is 19.8. The second-order valence-corrected chi connectivity index (χ2v) is 5.83. The Bertz CT molecular complexity index is 375. The highest BCUT2D eigenvalue weighted by atomic mass is 79.9. The fraction of sp³-hybridized carbons (Fsp3) is 0.583. The Morgan fingerprint density at radius 3 is 2.75 bits per heavy atom. The standard InChI is InChI=1S/C12H17BrN2O/c1-9(2)12(16)7-15(8-12)6-10-3-11(13)5-14-4-10/h3-5,9,16H,6-8H2,1-2H3. The summed E-state index contributed by atoms with van der Waals surface area (Å²) in [5.74, 6) is 0.324. The summed E-state index contributed by atoms with van der Waals surface area (Å²) in [7, 11) is 0. The molecule has 0 aliphatic carbocycles. The topological polar surface area (TPSA) is 36.4 Å². The lowest BCUT2D eigenvalue weighted by atomic mass is 9.83. The van der Waals surface area contributed by atoms with Crippen LogP contribution < -0.4 is 0 Å². The molecule has 16 heavy (non-hydrogen) atoms. The molecule has 1 aliphatic heterocycles. The first-order chi connectivity index (χ1) is 7.49. The van der Waals surface area contributed by atoms with Crippen molar-refractivity contribution in [2.24, 2.45) is 5.92 Å². The fourth-order valence-corrected chi connectivity index (χ4v) is 2.42. The van der Waals surface area contributed by atoms with Gasteiger partial charge in [-0.3, -0.25) is 9.88 Å². The van der Waals surface area contributed by atoms with E-state index >= 15 is 0 Å². The zero-order valence-corrected chi connectivity index (χ0v) is 11.2. The Labute approximate surface area is 105 Å². The summed E-state index contributed by atoms with van der Waals surface area (Å²) < 4.78 is 1.00. The molecule has 0 radical (unpaired) electrons. The molecule has 0 spiro atoms. The largest absolute Gasteiger partial charge is 0.387 e. The average molecular weight is 285 g/mol. The molecule has 88 valence electrons. The van der Waals surface area contributed by atoms with Crippen LogP contribution in [0.15, 0.2) is 22.9 Å². The van der Waals surface area contributed by atoms with Gasteiger partial charge in [-0.05, 0) is 33.5 Å². The fourth-order valence-electron chi connectivity index (χ4n) is 2.01. The van der Waals surface area contributed by atoms with Gasteiger partial charge < -0.3 is 5.11 Å². The van der Waals surface area contributed by atoms with Crippen molar-refractivity contribution in [1.82, 2.24) is 9.88 Å². The lowest BCUT2D eigenvalue weighted by Gasteiger charge is -2.49. The highest BCUT2D eigenvalue weighted by Gasteiger charge is 2.43. The van der Waals surface area contributed by atoms with Gasteiger partial charge in [0.2, 0.25) is 0 Å². The number of hydrogen-bond donors (Lipinski definition) is 1. The zero-order chi connectivity index (χ0) is 11.8. The van der Waals surface area contributed by atoms with E-state index in [4.69, 9.17) is 0 Å². The first kappa shape index (κ1) is 12.0. The molecule has 0 saturated carbocycles. The molecular weight excluding hydrogens is 268 g/mol. The molecule has 2 rings (SSSR count). The van der Waals surface area contributed by atoms with Gasteiger partial charge in [-0.25, -0.2) is 0 Å². The Hall–Kier alpha value is -0.450. The van der Waals surface area contributed by atoms with Gasteiger partial charge in [-0.2, -0.15) is 0 Å². The molecule has 0 bridgehead atoms. The third-order valence-electron chi connectivity index (χ3n) is 3.24. The van der Waals surface area contributed by atoms with Crippen LogP contribution in [0.5, 0.6) is 0 Å². The Balaban J connectivity index is 1.90. The van der Waals surface area contributed by atoms with Crippen molar-refractivity contribution in [3.63, 3.8) is 0 Å². The van der Waals surface area contributed by atoms with E-state index in [0.29, 0.717) is 5.92 Å². The predicted octanol–water partition coefficient (Wildman–Crippen LogP) is 2.05. The van der Waals surface area contributed by atoms with Crippen LogP contribution in [-0.2, 0) is 6.54 Å². The van der Waals surface area contributed by atoms with E-state index in [1.165, 1.54) is 5.56 Å². The number of aromatic nitrogens is 1. The summed E-state index contributed by atoms with van der Waals surface area (Å²) in [5, 5.41) is 10.1. The van der Waals surface area contributed by atoms with E-state index in [9.17, 15) is 5.11 Å². The summed E-state index contributed by atoms with van der Waals surface area (Å²) >= 11 is 3.41. The summed E-state index contributed by atoms with van der Waals surface area (Å²) in [6.07, 6.45) is 3.65. The predicted molar refractivity (Wildman–Crippen MR) is 67.0 cm³/mol. The van der Waals surface area contributed by atoms with E-state index < -0.39 is 5.60 Å². The lowest BCUT2D eigenvalue weighted by molar-refractivity contribution is -0.130. The van der Waals surface area contributed by atoms with Gasteiger partial charge in [0, 0.05) is 36.5 Å². The van der Waals surface area contributed by atoms with E-state index in [1.807, 2.05) is 6.20 Å². The van der Waals surface area contributed by atoms with Crippen molar-refractivity contribution in [3.05, 3.63) is 28.5 Å². The minimum Gasteiger partial charge on any atom is -0.387 e. The molecular formula is C12H17BrN2O. The molecule has 1 saturated heterocycles. The van der Waals surface area contributed by atoms with Crippen LogP contribution in [0, 0.1) is 5.92 Å². The van der Waals surface area contributed by atoms with Crippen molar-refractivity contribution in [2.75, 3.05) is 13.1 Å².